The smallest absolute Gasteiger partial charge is 0.238 e. The minimum absolute atomic E-state index is 0.0452. The van der Waals surface area contributed by atoms with E-state index in [2.05, 4.69) is 4.57 Å². The fourth-order valence-electron chi connectivity index (χ4n) is 8.64. The van der Waals surface area contributed by atoms with Crippen molar-refractivity contribution >= 4 is 72.4 Å². The minimum atomic E-state index is -5.48. The third-order valence-electron chi connectivity index (χ3n) is 11.2. The van der Waals surface area contributed by atoms with E-state index in [-0.39, 0.29) is 11.1 Å². The molecule has 0 N–H and O–H groups in total. The van der Waals surface area contributed by atoms with Gasteiger partial charge in [-0.1, -0.05) is 212 Å². The highest BCUT2D eigenvalue weighted by atomic mass is 28.3. The first-order chi connectivity index (χ1) is 39.2. The molecule has 3 heterocycles. The first kappa shape index (κ1) is 22.1. The average Bonchev–Trinajstić information content (AvgIpc) is 3.83. The van der Waals surface area contributed by atoms with Gasteiger partial charge in [0.2, 0.25) is 5.95 Å². The number of hydrogen-bond donors (Lipinski definition) is 0. The van der Waals surface area contributed by atoms with Crippen molar-refractivity contribution in [1.29, 1.82) is 0 Å². The molecule has 296 valence electrons. The zero-order valence-corrected chi connectivity index (χ0v) is 33.8. The Hall–Kier alpha value is -8.19. The van der Waals surface area contributed by atoms with E-state index in [1.807, 2.05) is 78.9 Å². The van der Waals surface area contributed by atoms with Gasteiger partial charge in [-0.2, -0.15) is 9.97 Å². The van der Waals surface area contributed by atoms with E-state index < -0.39 is 161 Å². The Morgan fingerprint density at radius 3 is 1.46 bits per heavy atom. The van der Waals surface area contributed by atoms with Crippen LogP contribution in [0, 0.1) is 0 Å². The molecule has 12 rings (SSSR count). The standard InChI is InChI=1S/C57H39N5Si/c1-5-21-40(22-6-1)55-58-56(41-23-19-30-45(39-41)63(42-24-7-2-8-25-42,43-26-9-3-10-27-43)44-28-11-4-12-29-44)60-57(59-55)62-52-37-18-15-33-48(52)49-34-20-38-53(54(49)62)61-50-35-16-13-31-46(50)47-32-14-17-36-51(47)61/h1-39H/i1D,2D,3D,5D,6D,7D,8D,9D,10D,19D,21D,22D,23D,24D,25D,26D,27D,30D,39D. The van der Waals surface area contributed by atoms with Gasteiger partial charge in [0, 0.05) is 32.7 Å². The zero-order valence-electron chi connectivity index (χ0n) is 51.8. The van der Waals surface area contributed by atoms with Crippen molar-refractivity contribution in [2.75, 3.05) is 0 Å². The molecule has 0 bridgehead atoms. The molecule has 0 unspecified atom stereocenters. The predicted molar refractivity (Wildman–Crippen MR) is 263 cm³/mol. The fraction of sp³-hybridized carbons (Fsp3) is 0. The summed E-state index contributed by atoms with van der Waals surface area (Å²) >= 11 is 0. The minimum Gasteiger partial charge on any atom is -0.307 e. The Balaban J connectivity index is 1.29. The third-order valence-corrected chi connectivity index (χ3v) is 15.4. The first-order valence-corrected chi connectivity index (χ1v) is 21.8. The molecule has 0 atom stereocenters. The summed E-state index contributed by atoms with van der Waals surface area (Å²) in [4.78, 5) is 14.7. The molecule has 0 aliphatic rings. The molecule has 0 amide bonds. The van der Waals surface area contributed by atoms with Crippen LogP contribution in [0.5, 0.6) is 0 Å². The fourth-order valence-corrected chi connectivity index (χ4v) is 12.5. The number of rotatable bonds is 8. The molecule has 0 aliphatic heterocycles. The Morgan fingerprint density at radius 2 is 0.841 bits per heavy atom. The van der Waals surface area contributed by atoms with Crippen LogP contribution in [0.25, 0.3) is 78.0 Å². The van der Waals surface area contributed by atoms with Crippen LogP contribution in [-0.2, 0) is 0 Å². The van der Waals surface area contributed by atoms with Gasteiger partial charge in [-0.3, -0.25) is 4.57 Å². The molecule has 9 aromatic carbocycles. The lowest BCUT2D eigenvalue weighted by molar-refractivity contribution is 0.950. The van der Waals surface area contributed by atoms with E-state index in [0.717, 1.165) is 21.8 Å². The molecule has 0 saturated heterocycles. The molecule has 12 aromatic rings. The lowest BCUT2D eigenvalue weighted by Crippen LogP contribution is -2.74. The van der Waals surface area contributed by atoms with Crippen molar-refractivity contribution in [2.24, 2.45) is 0 Å². The molecule has 0 saturated carbocycles. The van der Waals surface area contributed by atoms with Crippen molar-refractivity contribution in [3.8, 4) is 34.4 Å². The zero-order chi connectivity index (χ0) is 58.3. The monoisotopic (exact) mass is 840 g/mol. The van der Waals surface area contributed by atoms with Gasteiger partial charge in [0.25, 0.3) is 0 Å². The van der Waals surface area contributed by atoms with Crippen LogP contribution in [0.3, 0.4) is 0 Å². The van der Waals surface area contributed by atoms with Crippen molar-refractivity contribution in [1.82, 2.24) is 24.1 Å². The molecular weight excluding hydrogens is 783 g/mol. The number of para-hydroxylation sites is 4. The van der Waals surface area contributed by atoms with Gasteiger partial charge >= 0.3 is 0 Å². The highest BCUT2D eigenvalue weighted by molar-refractivity contribution is 7.19. The number of hydrogen-bond acceptors (Lipinski definition) is 3. The molecule has 0 spiro atoms. The van der Waals surface area contributed by atoms with Crippen molar-refractivity contribution in [3.05, 3.63) is 236 Å². The summed E-state index contributed by atoms with van der Waals surface area (Å²) in [5.41, 5.74) is 2.08. The summed E-state index contributed by atoms with van der Waals surface area (Å²) in [5, 5.41) is 1.31. The highest BCUT2D eigenvalue weighted by Crippen LogP contribution is 2.39. The van der Waals surface area contributed by atoms with Gasteiger partial charge in [0.1, 0.15) is 0 Å². The van der Waals surface area contributed by atoms with Gasteiger partial charge in [0.15, 0.2) is 19.7 Å². The lowest BCUT2D eigenvalue weighted by Gasteiger charge is -2.34. The van der Waals surface area contributed by atoms with E-state index in [4.69, 9.17) is 27.3 Å². The van der Waals surface area contributed by atoms with Gasteiger partial charge in [-0.05, 0) is 45.0 Å². The molecule has 0 radical (unpaired) electrons. The van der Waals surface area contributed by atoms with Crippen LogP contribution in [0.2, 0.25) is 0 Å². The average molecular weight is 841 g/mol. The molecule has 0 fully saturated rings. The van der Waals surface area contributed by atoms with Gasteiger partial charge in [-0.15, -0.1) is 0 Å². The molecule has 0 aliphatic carbocycles. The predicted octanol–water partition coefficient (Wildman–Crippen LogP) is 10.8. The second-order valence-corrected chi connectivity index (χ2v) is 18.1. The molecule has 63 heavy (non-hydrogen) atoms. The van der Waals surface area contributed by atoms with Crippen molar-refractivity contribution in [2.45, 2.75) is 0 Å². The van der Waals surface area contributed by atoms with Crippen LogP contribution in [0.15, 0.2) is 236 Å². The van der Waals surface area contributed by atoms with E-state index in [9.17, 15) is 13.7 Å². The second kappa shape index (κ2) is 15.1. The van der Waals surface area contributed by atoms with Crippen LogP contribution in [0.1, 0.15) is 26.0 Å². The number of aromatic nitrogens is 5. The van der Waals surface area contributed by atoms with Crippen LogP contribution < -0.4 is 20.7 Å². The molecule has 3 aromatic heterocycles. The summed E-state index contributed by atoms with van der Waals surface area (Å²) in [7, 11) is -5.48. The second-order valence-electron chi connectivity index (χ2n) is 14.5. The van der Waals surface area contributed by atoms with Gasteiger partial charge in [0.05, 0.1) is 53.8 Å². The van der Waals surface area contributed by atoms with E-state index in [1.54, 1.807) is 22.8 Å². The van der Waals surface area contributed by atoms with Crippen molar-refractivity contribution in [3.63, 3.8) is 0 Å². The Morgan fingerprint density at radius 1 is 0.365 bits per heavy atom. The Kier molecular flexibility index (Phi) is 5.27. The highest BCUT2D eigenvalue weighted by Gasteiger charge is 2.41. The van der Waals surface area contributed by atoms with E-state index in [1.165, 1.54) is 24.3 Å². The number of fused-ring (bicyclic) bond motifs is 6. The number of benzene rings is 9. The SMILES string of the molecule is [2H]c1c([2H])c([2H])c(-c2nc(-c3c([2H])c([2H])c([2H])c([Si](c4ccccc4)(c4c([2H])c([2H])c([2H])c([2H])c4[2H])c4c([2H])c([2H])c([2H])c([2H])c4[2H])c3[2H])nc(-n3c4ccccc4c4cccc(-n5c6ccccc6c6ccccc65)c43)n2)c([2H])c1[2H]. The topological polar surface area (TPSA) is 48.5 Å². The maximum atomic E-state index is 10.5. The van der Waals surface area contributed by atoms with Gasteiger partial charge in [-0.25, -0.2) is 4.98 Å². The quantitative estimate of drug-likeness (QED) is 0.113. The summed E-state index contributed by atoms with van der Waals surface area (Å²) < 4.78 is 179. The summed E-state index contributed by atoms with van der Waals surface area (Å²) in [6, 6.07) is 19.8. The normalized spacial score (nSPS) is 16.0. The van der Waals surface area contributed by atoms with Crippen LogP contribution in [0.4, 0.5) is 0 Å². The number of nitrogens with zero attached hydrogens (tertiary/aromatic N) is 5. The van der Waals surface area contributed by atoms with Gasteiger partial charge < -0.3 is 4.57 Å². The Labute approximate surface area is 392 Å². The summed E-state index contributed by atoms with van der Waals surface area (Å²) in [6.07, 6.45) is 0. The van der Waals surface area contributed by atoms with Crippen LogP contribution in [-0.4, -0.2) is 32.2 Å². The third kappa shape index (κ3) is 5.87. The lowest BCUT2D eigenvalue weighted by atomic mass is 10.1. The molecule has 5 nitrogen and oxygen atoms in total. The summed E-state index contributed by atoms with van der Waals surface area (Å²) in [6.45, 7) is 0. The van der Waals surface area contributed by atoms with E-state index >= 15 is 0 Å². The molecular formula is C57H39N5Si. The maximum absolute atomic E-state index is 10.5. The van der Waals surface area contributed by atoms with Crippen molar-refractivity contribution < 1.29 is 26.0 Å². The largest absolute Gasteiger partial charge is 0.307 e. The van der Waals surface area contributed by atoms with E-state index in [0.29, 0.717) is 27.5 Å². The van der Waals surface area contributed by atoms with Crippen LogP contribution >= 0.6 is 0 Å². The molecule has 6 heteroatoms. The maximum Gasteiger partial charge on any atom is 0.238 e. The Bertz CT molecular complexity index is 4570. The first-order valence-electron chi connectivity index (χ1n) is 29.3. The summed E-state index contributed by atoms with van der Waals surface area (Å²) in [5.74, 6) is -1.47.